The third-order valence-corrected chi connectivity index (χ3v) is 2.51. The summed E-state index contributed by atoms with van der Waals surface area (Å²) in [6.07, 6.45) is 2.63. The van der Waals surface area contributed by atoms with Crippen LogP contribution in [0.15, 0.2) is 35.3 Å². The van der Waals surface area contributed by atoms with E-state index in [0.29, 0.717) is 5.02 Å². The number of aromatic amines is 1. The van der Waals surface area contributed by atoms with Crippen LogP contribution in [0.4, 0.5) is 0 Å². The lowest BCUT2D eigenvalue weighted by atomic mass is 10.3. The second-order valence-electron chi connectivity index (χ2n) is 3.28. The molecule has 0 aliphatic carbocycles. The third kappa shape index (κ3) is 1.97. The van der Waals surface area contributed by atoms with E-state index in [0.717, 1.165) is 17.8 Å². The molecule has 4 heteroatoms. The van der Waals surface area contributed by atoms with Gasteiger partial charge in [0.2, 0.25) is 0 Å². The Morgan fingerprint density at radius 2 is 2.00 bits per heavy atom. The molecule has 2 aromatic rings. The number of imidazole rings is 1. The monoisotopic (exact) mass is 222 g/mol. The van der Waals surface area contributed by atoms with Crippen LogP contribution in [0.2, 0.25) is 5.02 Å². The number of rotatable bonds is 2. The SMILES string of the molecule is CCc1cn(-c2ccc(Cl)cc2)c(=O)[nH]1. The quantitative estimate of drug-likeness (QED) is 0.833. The van der Waals surface area contributed by atoms with E-state index in [9.17, 15) is 4.79 Å². The molecule has 0 aliphatic rings. The van der Waals surface area contributed by atoms with Gasteiger partial charge in [0.05, 0.1) is 5.69 Å². The molecule has 1 aromatic carbocycles. The number of aromatic nitrogens is 2. The number of hydrogen-bond acceptors (Lipinski definition) is 1. The highest BCUT2D eigenvalue weighted by Gasteiger charge is 2.03. The topological polar surface area (TPSA) is 37.8 Å². The molecule has 0 unspecified atom stereocenters. The van der Waals surface area contributed by atoms with Crippen molar-refractivity contribution in [1.82, 2.24) is 9.55 Å². The Morgan fingerprint density at radius 3 is 2.53 bits per heavy atom. The van der Waals surface area contributed by atoms with Crippen molar-refractivity contribution in [3.63, 3.8) is 0 Å². The van der Waals surface area contributed by atoms with E-state index >= 15 is 0 Å². The Kier molecular flexibility index (Phi) is 2.64. The number of benzene rings is 1. The summed E-state index contributed by atoms with van der Waals surface area (Å²) in [5, 5.41) is 0.665. The highest BCUT2D eigenvalue weighted by Crippen LogP contribution is 2.12. The van der Waals surface area contributed by atoms with Gasteiger partial charge in [0.25, 0.3) is 0 Å². The summed E-state index contributed by atoms with van der Waals surface area (Å²) in [5.41, 5.74) is 1.63. The molecular weight excluding hydrogens is 212 g/mol. The van der Waals surface area contributed by atoms with Gasteiger partial charge in [0.15, 0.2) is 0 Å². The van der Waals surface area contributed by atoms with E-state index in [2.05, 4.69) is 4.98 Å². The lowest BCUT2D eigenvalue weighted by molar-refractivity contribution is 0.985. The minimum Gasteiger partial charge on any atom is -0.310 e. The lowest BCUT2D eigenvalue weighted by Crippen LogP contribution is -2.13. The smallest absolute Gasteiger partial charge is 0.310 e. The fourth-order valence-electron chi connectivity index (χ4n) is 1.42. The fourth-order valence-corrected chi connectivity index (χ4v) is 1.54. The largest absolute Gasteiger partial charge is 0.330 e. The molecule has 0 saturated carbocycles. The van der Waals surface area contributed by atoms with Gasteiger partial charge in [-0.3, -0.25) is 4.57 Å². The molecule has 0 bridgehead atoms. The molecule has 78 valence electrons. The van der Waals surface area contributed by atoms with Crippen molar-refractivity contribution in [3.8, 4) is 5.69 Å². The molecular formula is C11H11ClN2O. The van der Waals surface area contributed by atoms with Crippen molar-refractivity contribution in [2.75, 3.05) is 0 Å². The average molecular weight is 223 g/mol. The maximum absolute atomic E-state index is 11.6. The van der Waals surface area contributed by atoms with Crippen LogP contribution >= 0.6 is 11.6 Å². The maximum atomic E-state index is 11.6. The summed E-state index contributed by atoms with van der Waals surface area (Å²) in [7, 11) is 0. The standard InChI is InChI=1S/C11H11ClN2O/c1-2-9-7-14(11(15)13-9)10-5-3-8(12)4-6-10/h3-7H,2H2,1H3,(H,13,15). The van der Waals surface area contributed by atoms with Crippen LogP contribution < -0.4 is 5.69 Å². The van der Waals surface area contributed by atoms with Crippen LogP contribution in [0.25, 0.3) is 5.69 Å². The molecule has 3 nitrogen and oxygen atoms in total. The normalized spacial score (nSPS) is 10.5. The summed E-state index contributed by atoms with van der Waals surface area (Å²) in [6.45, 7) is 2.00. The van der Waals surface area contributed by atoms with Crippen LogP contribution in [0, 0.1) is 0 Å². The molecule has 0 saturated heterocycles. The van der Waals surface area contributed by atoms with Gasteiger partial charge in [-0.15, -0.1) is 0 Å². The van der Waals surface area contributed by atoms with Crippen molar-refractivity contribution < 1.29 is 0 Å². The predicted molar refractivity (Wildman–Crippen MR) is 60.8 cm³/mol. The second kappa shape index (κ2) is 3.95. The van der Waals surface area contributed by atoms with Gasteiger partial charge in [-0.25, -0.2) is 4.79 Å². The van der Waals surface area contributed by atoms with Crippen LogP contribution in [0.1, 0.15) is 12.6 Å². The van der Waals surface area contributed by atoms with E-state index in [1.54, 1.807) is 16.7 Å². The number of H-pyrrole nitrogens is 1. The molecule has 2 rings (SSSR count). The first-order valence-electron chi connectivity index (χ1n) is 4.77. The Balaban J connectivity index is 2.49. The summed E-state index contributed by atoms with van der Waals surface area (Å²) in [6, 6.07) is 7.16. The zero-order valence-corrected chi connectivity index (χ0v) is 9.08. The van der Waals surface area contributed by atoms with Crippen LogP contribution in [-0.4, -0.2) is 9.55 Å². The fraction of sp³-hybridized carbons (Fsp3) is 0.182. The number of halogens is 1. The van der Waals surface area contributed by atoms with Crippen LogP contribution in [-0.2, 0) is 6.42 Å². The first-order chi connectivity index (χ1) is 7.20. The van der Waals surface area contributed by atoms with E-state index < -0.39 is 0 Å². The first-order valence-corrected chi connectivity index (χ1v) is 5.15. The minimum atomic E-state index is -0.117. The summed E-state index contributed by atoms with van der Waals surface area (Å²) < 4.78 is 1.58. The van der Waals surface area contributed by atoms with Gasteiger partial charge in [-0.05, 0) is 30.7 Å². The summed E-state index contributed by atoms with van der Waals surface area (Å²) >= 11 is 5.78. The van der Waals surface area contributed by atoms with Crippen molar-refractivity contribution in [2.45, 2.75) is 13.3 Å². The van der Waals surface area contributed by atoms with Gasteiger partial charge in [-0.1, -0.05) is 18.5 Å². The van der Waals surface area contributed by atoms with Gasteiger partial charge in [0.1, 0.15) is 0 Å². The predicted octanol–water partition coefficient (Wildman–Crippen LogP) is 2.38. The number of nitrogens with one attached hydrogen (secondary N) is 1. The zero-order valence-electron chi connectivity index (χ0n) is 8.33. The van der Waals surface area contributed by atoms with Crippen molar-refractivity contribution in [2.24, 2.45) is 0 Å². The van der Waals surface area contributed by atoms with Crippen molar-refractivity contribution >= 4 is 11.6 Å². The Hall–Kier alpha value is -1.48. The number of nitrogens with zero attached hydrogens (tertiary/aromatic N) is 1. The first kappa shape index (κ1) is 10.1. The molecule has 1 aromatic heterocycles. The number of aryl methyl sites for hydroxylation is 1. The minimum absolute atomic E-state index is 0.117. The lowest BCUT2D eigenvalue weighted by Gasteiger charge is -1.99. The molecule has 15 heavy (non-hydrogen) atoms. The van der Waals surface area contributed by atoms with Gasteiger partial charge in [-0.2, -0.15) is 0 Å². The van der Waals surface area contributed by atoms with E-state index in [4.69, 9.17) is 11.6 Å². The zero-order chi connectivity index (χ0) is 10.8. The van der Waals surface area contributed by atoms with E-state index in [-0.39, 0.29) is 5.69 Å². The average Bonchev–Trinajstić information content (AvgIpc) is 2.61. The Morgan fingerprint density at radius 1 is 1.33 bits per heavy atom. The van der Waals surface area contributed by atoms with E-state index in [1.807, 2.05) is 25.3 Å². The van der Waals surface area contributed by atoms with Crippen molar-refractivity contribution in [1.29, 1.82) is 0 Å². The summed E-state index contributed by atoms with van der Waals surface area (Å²) in [4.78, 5) is 14.3. The van der Waals surface area contributed by atoms with Gasteiger partial charge in [0, 0.05) is 16.9 Å². The molecule has 0 radical (unpaired) electrons. The second-order valence-corrected chi connectivity index (χ2v) is 3.72. The van der Waals surface area contributed by atoms with Crippen LogP contribution in [0.3, 0.4) is 0 Å². The Labute approximate surface area is 92.3 Å². The highest BCUT2D eigenvalue weighted by molar-refractivity contribution is 6.30. The number of hydrogen-bond donors (Lipinski definition) is 1. The molecule has 0 aliphatic heterocycles. The third-order valence-electron chi connectivity index (χ3n) is 2.26. The molecule has 0 spiro atoms. The Bertz CT molecular complexity index is 510. The molecule has 0 amide bonds. The molecule has 1 heterocycles. The molecule has 1 N–H and O–H groups in total. The van der Waals surface area contributed by atoms with Gasteiger partial charge >= 0.3 is 5.69 Å². The van der Waals surface area contributed by atoms with Crippen molar-refractivity contribution in [3.05, 3.63) is 51.7 Å². The highest BCUT2D eigenvalue weighted by atomic mass is 35.5. The van der Waals surface area contributed by atoms with E-state index in [1.165, 1.54) is 0 Å². The molecule has 0 atom stereocenters. The maximum Gasteiger partial charge on any atom is 0.330 e. The molecule has 0 fully saturated rings. The summed E-state index contributed by atoms with van der Waals surface area (Å²) in [5.74, 6) is 0. The van der Waals surface area contributed by atoms with Crippen LogP contribution in [0.5, 0.6) is 0 Å². The van der Waals surface area contributed by atoms with Gasteiger partial charge < -0.3 is 4.98 Å².